The third kappa shape index (κ3) is 5.31. The number of benzene rings is 2. The van der Waals surface area contributed by atoms with E-state index in [1.165, 1.54) is 4.90 Å². The highest BCUT2D eigenvalue weighted by Gasteiger charge is 2.46. The number of aliphatic hydroxyl groups excluding tert-OH is 1. The SMILES string of the molecule is C=CCOc1ccc(C2C(=C(O)c3ccc(C)cc3)C(=O)C(=O)N2CCN(C)C)cc1OCC. The first-order chi connectivity index (χ1) is 16.3. The van der Waals surface area contributed by atoms with Crippen molar-refractivity contribution >= 4 is 17.4 Å². The third-order valence-corrected chi connectivity index (χ3v) is 5.59. The van der Waals surface area contributed by atoms with Crippen molar-refractivity contribution in [2.24, 2.45) is 0 Å². The number of hydrogen-bond acceptors (Lipinski definition) is 6. The number of Topliss-reactive ketones (excluding diaryl/α,β-unsaturated/α-hetero) is 1. The molecule has 0 aliphatic carbocycles. The summed E-state index contributed by atoms with van der Waals surface area (Å²) in [4.78, 5) is 29.7. The number of rotatable bonds is 10. The molecule has 1 saturated heterocycles. The lowest BCUT2D eigenvalue weighted by molar-refractivity contribution is -0.140. The zero-order valence-corrected chi connectivity index (χ0v) is 20.2. The van der Waals surface area contributed by atoms with E-state index in [-0.39, 0.29) is 11.3 Å². The van der Waals surface area contributed by atoms with Gasteiger partial charge in [0.2, 0.25) is 0 Å². The van der Waals surface area contributed by atoms with E-state index in [0.29, 0.717) is 48.9 Å². The van der Waals surface area contributed by atoms with Crippen molar-refractivity contribution in [3.63, 3.8) is 0 Å². The van der Waals surface area contributed by atoms with Crippen LogP contribution in [0.2, 0.25) is 0 Å². The number of hydrogen-bond donors (Lipinski definition) is 1. The van der Waals surface area contributed by atoms with Crippen LogP contribution in [0.25, 0.3) is 5.76 Å². The summed E-state index contributed by atoms with van der Waals surface area (Å²) < 4.78 is 11.5. The lowest BCUT2D eigenvalue weighted by Crippen LogP contribution is -2.35. The fraction of sp³-hybridized carbons (Fsp3) is 0.333. The van der Waals surface area contributed by atoms with Crippen molar-refractivity contribution in [2.45, 2.75) is 19.9 Å². The normalized spacial score (nSPS) is 17.3. The van der Waals surface area contributed by atoms with Gasteiger partial charge in [-0.05, 0) is 45.6 Å². The lowest BCUT2D eigenvalue weighted by Gasteiger charge is -2.27. The van der Waals surface area contributed by atoms with Crippen molar-refractivity contribution < 1.29 is 24.2 Å². The van der Waals surface area contributed by atoms with E-state index in [1.807, 2.05) is 45.0 Å². The number of aryl methyl sites for hydroxylation is 1. The van der Waals surface area contributed by atoms with Crippen molar-refractivity contribution in [2.75, 3.05) is 40.4 Å². The van der Waals surface area contributed by atoms with Gasteiger partial charge < -0.3 is 24.4 Å². The second-order valence-electron chi connectivity index (χ2n) is 8.40. The first-order valence-electron chi connectivity index (χ1n) is 11.3. The third-order valence-electron chi connectivity index (χ3n) is 5.59. The average Bonchev–Trinajstić information content (AvgIpc) is 3.07. The van der Waals surface area contributed by atoms with Gasteiger partial charge >= 0.3 is 0 Å². The molecule has 0 spiro atoms. The van der Waals surface area contributed by atoms with Gasteiger partial charge in [0.05, 0.1) is 18.2 Å². The van der Waals surface area contributed by atoms with Crippen molar-refractivity contribution in [3.05, 3.63) is 77.4 Å². The van der Waals surface area contributed by atoms with E-state index in [4.69, 9.17) is 9.47 Å². The molecule has 1 aliphatic heterocycles. The second kappa shape index (κ2) is 11.0. The van der Waals surface area contributed by atoms with E-state index in [0.717, 1.165) is 5.56 Å². The molecular formula is C27H32N2O5. The van der Waals surface area contributed by atoms with Gasteiger partial charge in [0.15, 0.2) is 11.5 Å². The fourth-order valence-electron chi connectivity index (χ4n) is 3.86. The highest BCUT2D eigenvalue weighted by Crippen LogP contribution is 2.42. The summed E-state index contributed by atoms with van der Waals surface area (Å²) in [6, 6.07) is 11.7. The summed E-state index contributed by atoms with van der Waals surface area (Å²) in [5.41, 5.74) is 2.23. The summed E-state index contributed by atoms with van der Waals surface area (Å²) in [5.74, 6) is -0.498. The molecule has 1 atom stereocenters. The Kier molecular flexibility index (Phi) is 8.12. The molecule has 3 rings (SSSR count). The van der Waals surface area contributed by atoms with Crippen LogP contribution in [0, 0.1) is 6.92 Å². The number of amides is 1. The van der Waals surface area contributed by atoms with Crippen molar-refractivity contribution in [3.8, 4) is 11.5 Å². The lowest BCUT2D eigenvalue weighted by atomic mass is 9.94. The standard InChI is InChI=1S/C27H32N2O5/c1-6-16-34-21-13-12-20(17-22(21)33-7-2)24-23(25(30)19-10-8-18(3)9-11-19)26(31)27(32)29(24)15-14-28(4)5/h6,8-13,17,24,30H,1,7,14-16H2,2-5H3. The number of carbonyl (C=O) groups excluding carboxylic acids is 2. The van der Waals surface area contributed by atoms with Crippen LogP contribution in [0.5, 0.6) is 11.5 Å². The van der Waals surface area contributed by atoms with Gasteiger partial charge in [0.25, 0.3) is 11.7 Å². The van der Waals surface area contributed by atoms with E-state index < -0.39 is 17.7 Å². The smallest absolute Gasteiger partial charge is 0.295 e. The molecule has 0 bridgehead atoms. The van der Waals surface area contributed by atoms with Crippen LogP contribution in [0.3, 0.4) is 0 Å². The molecule has 34 heavy (non-hydrogen) atoms. The molecule has 2 aromatic carbocycles. The Morgan fingerprint density at radius 1 is 1.12 bits per heavy atom. The maximum atomic E-state index is 13.2. The van der Waals surface area contributed by atoms with Gasteiger partial charge in [-0.1, -0.05) is 48.6 Å². The van der Waals surface area contributed by atoms with Crippen LogP contribution in [-0.2, 0) is 9.59 Å². The van der Waals surface area contributed by atoms with Crippen LogP contribution in [0.1, 0.15) is 29.7 Å². The van der Waals surface area contributed by atoms with Crippen LogP contribution in [0.4, 0.5) is 0 Å². The minimum absolute atomic E-state index is 0.0646. The summed E-state index contributed by atoms with van der Waals surface area (Å²) >= 11 is 0. The molecule has 1 unspecified atom stereocenters. The molecule has 1 fully saturated rings. The fourth-order valence-corrected chi connectivity index (χ4v) is 3.86. The zero-order chi connectivity index (χ0) is 24.8. The number of carbonyl (C=O) groups is 2. The molecule has 1 aliphatic rings. The first kappa shape index (κ1) is 25.1. The topological polar surface area (TPSA) is 79.3 Å². The predicted octanol–water partition coefficient (Wildman–Crippen LogP) is 3.94. The Labute approximate surface area is 200 Å². The summed E-state index contributed by atoms with van der Waals surface area (Å²) in [5, 5.41) is 11.2. The van der Waals surface area contributed by atoms with Crippen molar-refractivity contribution in [1.29, 1.82) is 0 Å². The van der Waals surface area contributed by atoms with E-state index >= 15 is 0 Å². The van der Waals surface area contributed by atoms with Gasteiger partial charge in [0.1, 0.15) is 12.4 Å². The van der Waals surface area contributed by atoms with Gasteiger partial charge in [-0.15, -0.1) is 0 Å². The monoisotopic (exact) mass is 464 g/mol. The molecule has 0 radical (unpaired) electrons. The molecule has 7 nitrogen and oxygen atoms in total. The first-order valence-corrected chi connectivity index (χ1v) is 11.3. The van der Waals surface area contributed by atoms with Crippen LogP contribution in [-0.4, -0.2) is 67.0 Å². The predicted molar refractivity (Wildman–Crippen MR) is 132 cm³/mol. The minimum atomic E-state index is -0.756. The number of likely N-dealkylation sites (tertiary alicyclic amines) is 1. The Balaban J connectivity index is 2.15. The van der Waals surface area contributed by atoms with Crippen LogP contribution >= 0.6 is 0 Å². The van der Waals surface area contributed by atoms with Crippen LogP contribution < -0.4 is 9.47 Å². The minimum Gasteiger partial charge on any atom is -0.507 e. The summed E-state index contributed by atoms with van der Waals surface area (Å²) in [6.45, 7) is 9.09. The Morgan fingerprint density at radius 2 is 1.82 bits per heavy atom. The maximum absolute atomic E-state index is 13.2. The molecule has 2 aromatic rings. The molecule has 180 valence electrons. The highest BCUT2D eigenvalue weighted by atomic mass is 16.5. The van der Waals surface area contributed by atoms with Gasteiger partial charge in [-0.25, -0.2) is 0 Å². The van der Waals surface area contributed by atoms with E-state index in [2.05, 4.69) is 6.58 Å². The maximum Gasteiger partial charge on any atom is 0.295 e. The Hall–Kier alpha value is -3.58. The Morgan fingerprint density at radius 3 is 2.44 bits per heavy atom. The number of likely N-dealkylation sites (N-methyl/N-ethyl adjacent to an activating group) is 1. The number of ketones is 1. The molecular weight excluding hydrogens is 432 g/mol. The summed E-state index contributed by atoms with van der Waals surface area (Å²) in [6.07, 6.45) is 1.64. The van der Waals surface area contributed by atoms with Gasteiger partial charge in [-0.2, -0.15) is 0 Å². The van der Waals surface area contributed by atoms with Crippen molar-refractivity contribution in [1.82, 2.24) is 9.80 Å². The largest absolute Gasteiger partial charge is 0.507 e. The van der Waals surface area contributed by atoms with Crippen LogP contribution in [0.15, 0.2) is 60.7 Å². The molecule has 1 amide bonds. The van der Waals surface area contributed by atoms with Gasteiger partial charge in [-0.3, -0.25) is 9.59 Å². The number of nitrogens with zero attached hydrogens (tertiary/aromatic N) is 2. The summed E-state index contributed by atoms with van der Waals surface area (Å²) in [7, 11) is 3.80. The quantitative estimate of drug-likeness (QED) is 0.248. The molecule has 1 N–H and O–H groups in total. The van der Waals surface area contributed by atoms with E-state index in [9.17, 15) is 14.7 Å². The Bertz CT molecular complexity index is 1090. The highest BCUT2D eigenvalue weighted by molar-refractivity contribution is 6.46. The van der Waals surface area contributed by atoms with Gasteiger partial charge in [0, 0.05) is 18.7 Å². The number of ether oxygens (including phenoxy) is 2. The molecule has 7 heteroatoms. The number of aliphatic hydroxyl groups is 1. The molecule has 0 aromatic heterocycles. The van der Waals surface area contributed by atoms with E-state index in [1.54, 1.807) is 36.4 Å². The second-order valence-corrected chi connectivity index (χ2v) is 8.40. The zero-order valence-electron chi connectivity index (χ0n) is 20.2. The average molecular weight is 465 g/mol. The molecule has 1 heterocycles. The molecule has 0 saturated carbocycles.